The van der Waals surface area contributed by atoms with Crippen LogP contribution in [-0.2, 0) is 4.79 Å². The molecule has 31 heavy (non-hydrogen) atoms. The number of carbonyl (C=O) groups is 1. The van der Waals surface area contributed by atoms with Gasteiger partial charge in [0, 0.05) is 16.4 Å². The highest BCUT2D eigenvalue weighted by molar-refractivity contribution is 8.18. The van der Waals surface area contributed by atoms with Gasteiger partial charge in [-0.3, -0.25) is 4.79 Å². The zero-order valence-corrected chi connectivity index (χ0v) is 19.8. The number of hydrogen-bond donors (Lipinski definition) is 1. The van der Waals surface area contributed by atoms with Crippen molar-refractivity contribution < 1.29 is 4.79 Å². The summed E-state index contributed by atoms with van der Waals surface area (Å²) in [6, 6.07) is 14.0. The molecule has 0 saturated carbocycles. The van der Waals surface area contributed by atoms with Crippen molar-refractivity contribution in [3.63, 3.8) is 0 Å². The lowest BCUT2D eigenvalue weighted by molar-refractivity contribution is -0.115. The van der Waals surface area contributed by atoms with E-state index >= 15 is 0 Å². The highest BCUT2D eigenvalue weighted by Crippen LogP contribution is 2.32. The number of para-hydroxylation sites is 1. The van der Waals surface area contributed by atoms with Crippen molar-refractivity contribution in [2.24, 2.45) is 4.99 Å². The van der Waals surface area contributed by atoms with Crippen LogP contribution < -0.4 is 5.32 Å². The summed E-state index contributed by atoms with van der Waals surface area (Å²) < 4.78 is 2.26. The summed E-state index contributed by atoms with van der Waals surface area (Å²) in [5.41, 5.74) is 8.66. The number of aryl methyl sites for hydroxylation is 4. The molecule has 4 nitrogen and oxygen atoms in total. The number of hydrogen-bond acceptors (Lipinski definition) is 3. The second-order valence-corrected chi connectivity index (χ2v) is 9.28. The summed E-state index contributed by atoms with van der Waals surface area (Å²) in [4.78, 5) is 17.8. The van der Waals surface area contributed by atoms with E-state index in [1.807, 2.05) is 25.1 Å². The normalized spacial score (nSPS) is 16.4. The van der Waals surface area contributed by atoms with Crippen molar-refractivity contribution in [3.8, 4) is 5.69 Å². The Morgan fingerprint density at radius 2 is 1.71 bits per heavy atom. The second kappa shape index (κ2) is 8.40. The van der Waals surface area contributed by atoms with E-state index in [-0.39, 0.29) is 5.91 Å². The van der Waals surface area contributed by atoms with Crippen molar-refractivity contribution in [1.82, 2.24) is 9.88 Å². The number of aliphatic imine (C=N–C) groups is 1. The van der Waals surface area contributed by atoms with Gasteiger partial charge in [0.1, 0.15) is 0 Å². The molecule has 1 aliphatic heterocycles. The topological polar surface area (TPSA) is 46.4 Å². The smallest absolute Gasteiger partial charge is 0.264 e. The van der Waals surface area contributed by atoms with Gasteiger partial charge in [-0.15, -0.1) is 0 Å². The Morgan fingerprint density at radius 1 is 1.00 bits per heavy atom. The third-order valence-corrected chi connectivity index (χ3v) is 6.61. The van der Waals surface area contributed by atoms with Crippen LogP contribution >= 0.6 is 23.4 Å². The van der Waals surface area contributed by atoms with Gasteiger partial charge in [-0.05, 0) is 92.9 Å². The van der Waals surface area contributed by atoms with Gasteiger partial charge in [0.2, 0.25) is 0 Å². The van der Waals surface area contributed by atoms with E-state index in [0.717, 1.165) is 28.2 Å². The first-order valence-corrected chi connectivity index (χ1v) is 11.3. The number of nitrogens with zero attached hydrogens (tertiary/aromatic N) is 2. The van der Waals surface area contributed by atoms with Gasteiger partial charge >= 0.3 is 0 Å². The lowest BCUT2D eigenvalue weighted by atomic mass is 10.1. The molecule has 1 N–H and O–H groups in total. The number of thioether (sulfide) groups is 1. The minimum atomic E-state index is -0.139. The molecule has 1 aliphatic rings. The van der Waals surface area contributed by atoms with Crippen molar-refractivity contribution in [3.05, 3.63) is 86.0 Å². The molecule has 1 amide bonds. The number of benzene rings is 2. The summed E-state index contributed by atoms with van der Waals surface area (Å²) in [5, 5.41) is 4.05. The quantitative estimate of drug-likeness (QED) is 0.460. The maximum absolute atomic E-state index is 12.6. The number of nitrogens with one attached hydrogen (secondary N) is 1. The SMILES string of the molecule is Cc1ccc(Cl)cc1N=C1NC(=O)/C(=C/c2cc(C)n(-c3c(C)cccc3C)c2C)S1. The van der Waals surface area contributed by atoms with Crippen LogP contribution in [0.3, 0.4) is 0 Å². The van der Waals surface area contributed by atoms with Crippen LogP contribution in [-0.4, -0.2) is 15.6 Å². The van der Waals surface area contributed by atoms with E-state index in [1.165, 1.54) is 28.6 Å². The predicted octanol–water partition coefficient (Wildman–Crippen LogP) is 6.56. The molecule has 1 aromatic heterocycles. The van der Waals surface area contributed by atoms with Gasteiger partial charge in [0.25, 0.3) is 5.91 Å². The Hall–Kier alpha value is -2.76. The third kappa shape index (κ3) is 4.21. The second-order valence-electron chi connectivity index (χ2n) is 7.81. The Morgan fingerprint density at radius 3 is 2.42 bits per heavy atom. The van der Waals surface area contributed by atoms with E-state index in [2.05, 4.69) is 66.8 Å². The Balaban J connectivity index is 1.69. The Kier molecular flexibility index (Phi) is 5.82. The molecule has 1 saturated heterocycles. The average molecular weight is 450 g/mol. The monoisotopic (exact) mass is 449 g/mol. The van der Waals surface area contributed by atoms with Crippen LogP contribution in [0.15, 0.2) is 52.4 Å². The minimum absolute atomic E-state index is 0.139. The molecule has 2 aromatic carbocycles. The third-order valence-electron chi connectivity index (χ3n) is 5.46. The molecular weight excluding hydrogens is 426 g/mol. The molecule has 0 bridgehead atoms. The summed E-state index contributed by atoms with van der Waals surface area (Å²) in [6.07, 6.45) is 1.94. The molecule has 1 fully saturated rings. The van der Waals surface area contributed by atoms with Crippen LogP contribution in [0.25, 0.3) is 11.8 Å². The standard InChI is InChI=1S/C25H24ClN3OS/c1-14-9-10-20(26)13-21(14)27-25-28-24(30)22(31-25)12-19-11-17(4)29(18(19)5)23-15(2)7-6-8-16(23)3/h6-13H,1-5H3,(H,27,28,30)/b22-12-. The highest BCUT2D eigenvalue weighted by Gasteiger charge is 2.25. The summed E-state index contributed by atoms with van der Waals surface area (Å²) in [7, 11) is 0. The van der Waals surface area contributed by atoms with Gasteiger partial charge in [0.15, 0.2) is 5.17 Å². The number of rotatable bonds is 3. The molecule has 0 spiro atoms. The fourth-order valence-electron chi connectivity index (χ4n) is 3.87. The zero-order valence-electron chi connectivity index (χ0n) is 18.2. The molecule has 0 atom stereocenters. The first kappa shape index (κ1) is 21.5. The molecule has 0 radical (unpaired) electrons. The van der Waals surface area contributed by atoms with Crippen LogP contribution in [0, 0.1) is 34.6 Å². The number of aromatic nitrogens is 1. The van der Waals surface area contributed by atoms with Crippen LogP contribution in [0.2, 0.25) is 5.02 Å². The fourth-order valence-corrected chi connectivity index (χ4v) is 4.86. The molecule has 6 heteroatoms. The summed E-state index contributed by atoms with van der Waals surface area (Å²) >= 11 is 7.44. The van der Waals surface area contributed by atoms with Crippen molar-refractivity contribution in [2.75, 3.05) is 0 Å². The lowest BCUT2D eigenvalue weighted by Crippen LogP contribution is -2.19. The zero-order chi connectivity index (χ0) is 22.3. The first-order valence-electron chi connectivity index (χ1n) is 10.1. The van der Waals surface area contributed by atoms with E-state index in [0.29, 0.717) is 15.1 Å². The summed E-state index contributed by atoms with van der Waals surface area (Å²) in [5.74, 6) is -0.139. The first-order chi connectivity index (χ1) is 14.7. The fraction of sp³-hybridized carbons (Fsp3) is 0.200. The number of amides is 1. The van der Waals surface area contributed by atoms with E-state index in [1.54, 1.807) is 6.07 Å². The molecule has 3 aromatic rings. The van der Waals surface area contributed by atoms with Gasteiger partial charge in [-0.2, -0.15) is 0 Å². The van der Waals surface area contributed by atoms with E-state index < -0.39 is 0 Å². The lowest BCUT2D eigenvalue weighted by Gasteiger charge is -2.15. The molecule has 158 valence electrons. The van der Waals surface area contributed by atoms with Crippen LogP contribution in [0.5, 0.6) is 0 Å². The van der Waals surface area contributed by atoms with Gasteiger partial charge < -0.3 is 9.88 Å². The Bertz CT molecular complexity index is 1250. The molecule has 2 heterocycles. The largest absolute Gasteiger partial charge is 0.317 e. The Labute approximate surface area is 192 Å². The van der Waals surface area contributed by atoms with Crippen LogP contribution in [0.4, 0.5) is 5.69 Å². The predicted molar refractivity (Wildman–Crippen MR) is 132 cm³/mol. The van der Waals surface area contributed by atoms with Crippen molar-refractivity contribution >= 4 is 46.2 Å². The van der Waals surface area contributed by atoms with Gasteiger partial charge in [-0.1, -0.05) is 35.9 Å². The van der Waals surface area contributed by atoms with Crippen molar-refractivity contribution in [1.29, 1.82) is 0 Å². The van der Waals surface area contributed by atoms with E-state index in [4.69, 9.17) is 11.6 Å². The molecule has 0 aliphatic carbocycles. The molecule has 0 unspecified atom stereocenters. The van der Waals surface area contributed by atoms with E-state index in [9.17, 15) is 4.79 Å². The van der Waals surface area contributed by atoms with Gasteiger partial charge in [-0.25, -0.2) is 4.99 Å². The maximum atomic E-state index is 12.6. The number of amidine groups is 1. The maximum Gasteiger partial charge on any atom is 0.264 e. The molecule has 4 rings (SSSR count). The summed E-state index contributed by atoms with van der Waals surface area (Å²) in [6.45, 7) is 10.4. The number of carbonyl (C=O) groups excluding carboxylic acids is 1. The van der Waals surface area contributed by atoms with Crippen LogP contribution in [0.1, 0.15) is 33.6 Å². The minimum Gasteiger partial charge on any atom is -0.317 e. The highest BCUT2D eigenvalue weighted by atomic mass is 35.5. The van der Waals surface area contributed by atoms with Gasteiger partial charge in [0.05, 0.1) is 16.3 Å². The average Bonchev–Trinajstić information content (AvgIpc) is 3.18. The molecular formula is C25H24ClN3OS. The number of halogens is 1. The van der Waals surface area contributed by atoms with Crippen molar-refractivity contribution in [2.45, 2.75) is 34.6 Å².